The molecule has 0 unspecified atom stereocenters. The number of esters is 2. The Kier molecular flexibility index (Phi) is 5.69. The summed E-state index contributed by atoms with van der Waals surface area (Å²) in [7, 11) is 0. The number of nitrogens with two attached hydrogens (primary N) is 1. The first-order valence-electron chi connectivity index (χ1n) is 7.32. The molecule has 3 atom stereocenters. The number of hydrogen-bond donors (Lipinski definition) is 1. The van der Waals surface area contributed by atoms with E-state index in [0.29, 0.717) is 0 Å². The maximum absolute atomic E-state index is 11.9. The van der Waals surface area contributed by atoms with Crippen molar-refractivity contribution < 1.29 is 23.8 Å². The minimum absolute atomic E-state index is 0.0285. The van der Waals surface area contributed by atoms with E-state index in [-0.39, 0.29) is 24.9 Å². The van der Waals surface area contributed by atoms with Crippen LogP contribution in [0.3, 0.4) is 0 Å². The molecule has 0 spiro atoms. The molecular formula is C15H19N3O6. The number of ether oxygens (including phenoxy) is 3. The van der Waals surface area contributed by atoms with Gasteiger partial charge in [0.1, 0.15) is 25.1 Å². The molecule has 9 nitrogen and oxygen atoms in total. The Morgan fingerprint density at radius 1 is 1.25 bits per heavy atom. The van der Waals surface area contributed by atoms with Gasteiger partial charge in [0.15, 0.2) is 6.23 Å². The van der Waals surface area contributed by atoms with Crippen molar-refractivity contribution in [3.63, 3.8) is 0 Å². The highest BCUT2D eigenvalue weighted by Crippen LogP contribution is 2.25. The van der Waals surface area contributed by atoms with Gasteiger partial charge in [-0.1, -0.05) is 6.08 Å². The maximum Gasteiger partial charge on any atom is 0.351 e. The fourth-order valence-electron chi connectivity index (χ4n) is 2.20. The SMILES string of the molecule is CC(=O)OC[C@H]1C=C[C@H](n2ccc(N)nc2=O)O[C@@H]1COC(C)=O. The van der Waals surface area contributed by atoms with Crippen molar-refractivity contribution in [2.45, 2.75) is 26.2 Å². The second kappa shape index (κ2) is 7.73. The van der Waals surface area contributed by atoms with Crippen molar-refractivity contribution in [3.05, 3.63) is 34.9 Å². The van der Waals surface area contributed by atoms with Crippen molar-refractivity contribution in [1.29, 1.82) is 0 Å². The molecule has 130 valence electrons. The van der Waals surface area contributed by atoms with E-state index in [4.69, 9.17) is 19.9 Å². The molecule has 0 aliphatic carbocycles. The smallest absolute Gasteiger partial charge is 0.351 e. The number of nitrogens with zero attached hydrogens (tertiary/aromatic N) is 2. The monoisotopic (exact) mass is 337 g/mol. The van der Waals surface area contributed by atoms with E-state index in [0.717, 1.165) is 0 Å². The summed E-state index contributed by atoms with van der Waals surface area (Å²) in [5.74, 6) is -1.07. The van der Waals surface area contributed by atoms with Crippen LogP contribution in [-0.2, 0) is 23.8 Å². The molecule has 0 radical (unpaired) electrons. The van der Waals surface area contributed by atoms with Crippen LogP contribution in [0.15, 0.2) is 29.2 Å². The molecule has 0 aromatic carbocycles. The van der Waals surface area contributed by atoms with Gasteiger partial charge in [0.25, 0.3) is 0 Å². The van der Waals surface area contributed by atoms with Gasteiger partial charge in [0.05, 0.1) is 0 Å². The molecule has 1 aromatic heterocycles. The van der Waals surface area contributed by atoms with Gasteiger partial charge in [0.2, 0.25) is 0 Å². The molecule has 0 saturated heterocycles. The average Bonchev–Trinajstić information content (AvgIpc) is 2.51. The topological polar surface area (TPSA) is 123 Å². The van der Waals surface area contributed by atoms with Gasteiger partial charge < -0.3 is 19.9 Å². The first-order valence-corrected chi connectivity index (χ1v) is 7.32. The predicted molar refractivity (Wildman–Crippen MR) is 82.7 cm³/mol. The standard InChI is InChI=1S/C15H19N3O6/c1-9(19)22-7-11-3-4-14(24-12(11)8-23-10(2)20)18-6-5-13(16)17-15(18)21/h3-6,11-12,14H,7-8H2,1-2H3,(H2,16,17,21)/t11-,12-,14-/m1/s1. The Bertz CT molecular complexity index is 699. The third-order valence-corrected chi connectivity index (χ3v) is 3.37. The summed E-state index contributed by atoms with van der Waals surface area (Å²) in [6.07, 6.45) is 3.58. The van der Waals surface area contributed by atoms with Crippen LogP contribution in [0, 0.1) is 5.92 Å². The Balaban J connectivity index is 2.18. The maximum atomic E-state index is 11.9. The first-order chi connectivity index (χ1) is 11.4. The van der Waals surface area contributed by atoms with E-state index in [1.807, 2.05) is 0 Å². The Hall–Kier alpha value is -2.68. The average molecular weight is 337 g/mol. The number of carbonyl (C=O) groups excluding carboxylic acids is 2. The molecule has 2 heterocycles. The largest absolute Gasteiger partial charge is 0.465 e. The normalized spacial score (nSPS) is 22.8. The highest BCUT2D eigenvalue weighted by Gasteiger charge is 2.30. The third kappa shape index (κ3) is 4.66. The number of rotatable bonds is 5. The van der Waals surface area contributed by atoms with Gasteiger partial charge in [-0.3, -0.25) is 14.2 Å². The first kappa shape index (κ1) is 17.7. The zero-order valence-corrected chi connectivity index (χ0v) is 13.4. The molecule has 9 heteroatoms. The lowest BCUT2D eigenvalue weighted by atomic mass is 10.0. The van der Waals surface area contributed by atoms with E-state index in [1.165, 1.54) is 30.7 Å². The predicted octanol–water partition coefficient (Wildman–Crippen LogP) is 0.0215. The van der Waals surface area contributed by atoms with Crippen molar-refractivity contribution in [3.8, 4) is 0 Å². The van der Waals surface area contributed by atoms with E-state index in [9.17, 15) is 14.4 Å². The summed E-state index contributed by atoms with van der Waals surface area (Å²) in [6, 6.07) is 1.48. The molecule has 0 fully saturated rings. The van der Waals surface area contributed by atoms with Gasteiger partial charge in [-0.05, 0) is 12.1 Å². The minimum Gasteiger partial charge on any atom is -0.465 e. The van der Waals surface area contributed by atoms with E-state index >= 15 is 0 Å². The summed E-state index contributed by atoms with van der Waals surface area (Å²) in [5.41, 5.74) is 4.91. The molecule has 2 rings (SSSR count). The second-order valence-corrected chi connectivity index (χ2v) is 5.26. The van der Waals surface area contributed by atoms with Gasteiger partial charge in [-0.2, -0.15) is 4.98 Å². The summed E-state index contributed by atoms with van der Waals surface area (Å²) < 4.78 is 17.1. The lowest BCUT2D eigenvalue weighted by molar-refractivity contribution is -0.156. The fraction of sp³-hybridized carbons (Fsp3) is 0.467. The molecular weight excluding hydrogens is 318 g/mol. The fourth-order valence-corrected chi connectivity index (χ4v) is 2.20. The molecule has 2 N–H and O–H groups in total. The van der Waals surface area contributed by atoms with E-state index in [2.05, 4.69) is 4.98 Å². The number of anilines is 1. The van der Waals surface area contributed by atoms with Gasteiger partial charge >= 0.3 is 17.6 Å². The van der Waals surface area contributed by atoms with Crippen molar-refractivity contribution in [1.82, 2.24) is 9.55 Å². The Morgan fingerprint density at radius 2 is 1.92 bits per heavy atom. The lowest BCUT2D eigenvalue weighted by Gasteiger charge is -2.32. The molecule has 0 amide bonds. The molecule has 1 aliphatic rings. The summed E-state index contributed by atoms with van der Waals surface area (Å²) in [4.78, 5) is 37.6. The molecule has 1 aliphatic heterocycles. The summed E-state index contributed by atoms with van der Waals surface area (Å²) in [5, 5.41) is 0. The van der Waals surface area contributed by atoms with Crippen molar-refractivity contribution in [2.24, 2.45) is 5.92 Å². The zero-order chi connectivity index (χ0) is 17.7. The van der Waals surface area contributed by atoms with Crippen molar-refractivity contribution in [2.75, 3.05) is 18.9 Å². The summed E-state index contributed by atoms with van der Waals surface area (Å²) >= 11 is 0. The second-order valence-electron chi connectivity index (χ2n) is 5.26. The zero-order valence-electron chi connectivity index (χ0n) is 13.4. The Labute approximate surface area is 138 Å². The molecule has 0 saturated carbocycles. The van der Waals surface area contributed by atoms with Crippen LogP contribution in [0.1, 0.15) is 20.1 Å². The van der Waals surface area contributed by atoms with Gasteiger partial charge in [0, 0.05) is 26.0 Å². The van der Waals surface area contributed by atoms with E-state index < -0.39 is 30.0 Å². The van der Waals surface area contributed by atoms with Crippen molar-refractivity contribution >= 4 is 17.8 Å². The minimum atomic E-state index is -0.722. The van der Waals surface area contributed by atoms with Crippen LogP contribution in [-0.4, -0.2) is 40.8 Å². The highest BCUT2D eigenvalue weighted by atomic mass is 16.6. The lowest BCUT2D eigenvalue weighted by Crippen LogP contribution is -2.39. The van der Waals surface area contributed by atoms with Crippen LogP contribution in [0.4, 0.5) is 5.82 Å². The highest BCUT2D eigenvalue weighted by molar-refractivity contribution is 5.66. The number of hydrogen-bond acceptors (Lipinski definition) is 8. The van der Waals surface area contributed by atoms with Crippen LogP contribution >= 0.6 is 0 Å². The van der Waals surface area contributed by atoms with Gasteiger partial charge in [-0.15, -0.1) is 0 Å². The number of aromatic nitrogens is 2. The van der Waals surface area contributed by atoms with Gasteiger partial charge in [-0.25, -0.2) is 4.79 Å². The van der Waals surface area contributed by atoms with Crippen LogP contribution in [0.25, 0.3) is 0 Å². The molecule has 0 bridgehead atoms. The van der Waals surface area contributed by atoms with Crippen LogP contribution in [0.2, 0.25) is 0 Å². The number of carbonyl (C=O) groups is 2. The van der Waals surface area contributed by atoms with Crippen LogP contribution < -0.4 is 11.4 Å². The molecule has 1 aromatic rings. The van der Waals surface area contributed by atoms with Crippen LogP contribution in [0.5, 0.6) is 0 Å². The number of nitrogen functional groups attached to an aromatic ring is 1. The summed E-state index contributed by atoms with van der Waals surface area (Å²) in [6.45, 7) is 2.64. The quantitative estimate of drug-likeness (QED) is 0.589. The third-order valence-electron chi connectivity index (χ3n) is 3.37. The van der Waals surface area contributed by atoms with E-state index in [1.54, 1.807) is 12.2 Å². The Morgan fingerprint density at radius 3 is 2.54 bits per heavy atom. The molecule has 24 heavy (non-hydrogen) atoms.